The molecule has 0 amide bonds. The lowest BCUT2D eigenvalue weighted by atomic mass is 9.89. The summed E-state index contributed by atoms with van der Waals surface area (Å²) in [5, 5.41) is 10.2. The number of hydrogen-bond acceptors (Lipinski definition) is 2. The molecule has 3 rings (SSSR count). The number of aliphatic hydroxyl groups excluding tert-OH is 1. The Morgan fingerprint density at radius 2 is 1.89 bits per heavy atom. The molecule has 1 aliphatic rings. The zero-order valence-electron chi connectivity index (χ0n) is 16.5. The molecule has 0 radical (unpaired) electrons. The Morgan fingerprint density at radius 3 is 2.59 bits per heavy atom. The first-order valence-corrected chi connectivity index (χ1v) is 10.4. The molecule has 1 aliphatic carbocycles. The van der Waals surface area contributed by atoms with Crippen molar-refractivity contribution < 1.29 is 9.50 Å². The Kier molecular flexibility index (Phi) is 7.48. The minimum absolute atomic E-state index is 0.196. The molecule has 1 N–H and O–H groups in total. The van der Waals surface area contributed by atoms with Crippen molar-refractivity contribution in [3.05, 3.63) is 59.7 Å². The minimum atomic E-state index is -0.269. The summed E-state index contributed by atoms with van der Waals surface area (Å²) >= 11 is 0. The van der Waals surface area contributed by atoms with E-state index in [0.717, 1.165) is 44.1 Å². The van der Waals surface area contributed by atoms with Crippen molar-refractivity contribution in [2.45, 2.75) is 64.6 Å². The highest BCUT2D eigenvalue weighted by Crippen LogP contribution is 2.25. The predicted octanol–water partition coefficient (Wildman–Crippen LogP) is 4.83. The van der Waals surface area contributed by atoms with Crippen LogP contribution in [-0.4, -0.2) is 33.8 Å². The number of benzene rings is 1. The number of aromatic nitrogens is 1. The second-order valence-corrected chi connectivity index (χ2v) is 8.01. The largest absolute Gasteiger partial charge is 0.392 e. The van der Waals surface area contributed by atoms with Crippen molar-refractivity contribution in [3.63, 3.8) is 0 Å². The first-order chi connectivity index (χ1) is 13.1. The van der Waals surface area contributed by atoms with E-state index in [1.54, 1.807) is 0 Å². The Hall–Kier alpha value is -1.65. The van der Waals surface area contributed by atoms with E-state index in [9.17, 15) is 9.50 Å². The molecule has 0 aliphatic heterocycles. The Balaban J connectivity index is 1.67. The molecule has 4 heteroatoms. The fourth-order valence-electron chi connectivity index (χ4n) is 4.13. The quantitative estimate of drug-likeness (QED) is 0.683. The zero-order chi connectivity index (χ0) is 19.1. The Bertz CT molecular complexity index is 676. The molecular formula is C23H33FN2O. The van der Waals surface area contributed by atoms with Gasteiger partial charge in [0.25, 0.3) is 0 Å². The maximum Gasteiger partial charge on any atom is 0.123 e. The van der Waals surface area contributed by atoms with Gasteiger partial charge in [0.2, 0.25) is 0 Å². The summed E-state index contributed by atoms with van der Waals surface area (Å²) in [6.45, 7) is 5.44. The topological polar surface area (TPSA) is 28.4 Å². The monoisotopic (exact) mass is 372 g/mol. The second-order valence-electron chi connectivity index (χ2n) is 8.01. The zero-order valence-corrected chi connectivity index (χ0v) is 16.5. The molecular weight excluding hydrogens is 339 g/mol. The number of nitrogens with zero attached hydrogens (tertiary/aromatic N) is 2. The van der Waals surface area contributed by atoms with Gasteiger partial charge in [-0.1, -0.05) is 38.3 Å². The highest BCUT2D eigenvalue weighted by atomic mass is 19.1. The number of halogens is 1. The molecule has 1 aromatic heterocycles. The van der Waals surface area contributed by atoms with Gasteiger partial charge >= 0.3 is 0 Å². The van der Waals surface area contributed by atoms with Crippen LogP contribution in [0.15, 0.2) is 42.6 Å². The lowest BCUT2D eigenvalue weighted by Crippen LogP contribution is -2.36. The fraction of sp³-hybridized carbons (Fsp3) is 0.565. The standard InChI is InChI=1S/C23H33FN2O/c1-2-23(27)18-25(15-19-7-4-3-5-8-19)17-22-9-6-14-26(22)16-20-10-12-21(24)13-11-20/h6,9-14,19,23,27H,2-5,7-8,15-18H2,1H3/t23-/m1/s1. The van der Waals surface area contributed by atoms with Crippen molar-refractivity contribution >= 4 is 0 Å². The van der Waals surface area contributed by atoms with Crippen LogP contribution in [0.4, 0.5) is 4.39 Å². The van der Waals surface area contributed by atoms with Crippen LogP contribution in [0.25, 0.3) is 0 Å². The van der Waals surface area contributed by atoms with Crippen LogP contribution in [0.2, 0.25) is 0 Å². The maximum atomic E-state index is 13.2. The Labute approximate surface area is 162 Å². The van der Waals surface area contributed by atoms with Gasteiger partial charge in [-0.2, -0.15) is 0 Å². The van der Waals surface area contributed by atoms with Gasteiger partial charge in [0.15, 0.2) is 0 Å². The average molecular weight is 373 g/mol. The summed E-state index contributed by atoms with van der Waals surface area (Å²) in [6, 6.07) is 11.0. The molecule has 3 nitrogen and oxygen atoms in total. The molecule has 0 bridgehead atoms. The van der Waals surface area contributed by atoms with E-state index in [0.29, 0.717) is 0 Å². The third kappa shape index (κ3) is 6.18. The van der Waals surface area contributed by atoms with Crippen LogP contribution >= 0.6 is 0 Å². The molecule has 1 fully saturated rings. The number of hydrogen-bond donors (Lipinski definition) is 1. The van der Waals surface area contributed by atoms with Crippen LogP contribution in [0.3, 0.4) is 0 Å². The highest BCUT2D eigenvalue weighted by molar-refractivity contribution is 5.18. The normalized spacial score (nSPS) is 16.7. The summed E-state index contributed by atoms with van der Waals surface area (Å²) < 4.78 is 15.4. The van der Waals surface area contributed by atoms with Gasteiger partial charge < -0.3 is 9.67 Å². The molecule has 1 aromatic carbocycles. The van der Waals surface area contributed by atoms with Crippen molar-refractivity contribution in [3.8, 4) is 0 Å². The SMILES string of the molecule is CC[C@@H](O)CN(Cc1cccn1Cc1ccc(F)cc1)CC1CCCCC1. The van der Waals surface area contributed by atoms with Gasteiger partial charge in [-0.15, -0.1) is 0 Å². The van der Waals surface area contributed by atoms with E-state index in [4.69, 9.17) is 0 Å². The van der Waals surface area contributed by atoms with Gasteiger partial charge in [0.1, 0.15) is 5.82 Å². The minimum Gasteiger partial charge on any atom is -0.392 e. The number of aliphatic hydroxyl groups is 1. The maximum absolute atomic E-state index is 13.2. The third-order valence-electron chi connectivity index (χ3n) is 5.76. The predicted molar refractivity (Wildman–Crippen MR) is 108 cm³/mol. The molecule has 148 valence electrons. The fourth-order valence-corrected chi connectivity index (χ4v) is 4.13. The highest BCUT2D eigenvalue weighted by Gasteiger charge is 2.20. The van der Waals surface area contributed by atoms with Gasteiger partial charge in [0.05, 0.1) is 6.10 Å². The van der Waals surface area contributed by atoms with E-state index < -0.39 is 0 Å². The number of rotatable bonds is 9. The molecule has 0 saturated heterocycles. The summed E-state index contributed by atoms with van der Waals surface area (Å²) in [4.78, 5) is 2.43. The van der Waals surface area contributed by atoms with E-state index in [2.05, 4.69) is 27.8 Å². The summed E-state index contributed by atoms with van der Waals surface area (Å²) in [6.07, 6.45) is 9.30. The van der Waals surface area contributed by atoms with Gasteiger partial charge in [-0.05, 0) is 55.0 Å². The molecule has 27 heavy (non-hydrogen) atoms. The first-order valence-electron chi connectivity index (χ1n) is 10.4. The van der Waals surface area contributed by atoms with E-state index >= 15 is 0 Å². The smallest absolute Gasteiger partial charge is 0.123 e. The lowest BCUT2D eigenvalue weighted by molar-refractivity contribution is 0.0889. The van der Waals surface area contributed by atoms with E-state index in [1.165, 1.54) is 49.9 Å². The summed E-state index contributed by atoms with van der Waals surface area (Å²) in [5.41, 5.74) is 2.35. The summed E-state index contributed by atoms with van der Waals surface area (Å²) in [7, 11) is 0. The van der Waals surface area contributed by atoms with Crippen molar-refractivity contribution in [1.29, 1.82) is 0 Å². The van der Waals surface area contributed by atoms with E-state index in [1.807, 2.05) is 19.1 Å². The van der Waals surface area contributed by atoms with Crippen LogP contribution in [-0.2, 0) is 13.1 Å². The van der Waals surface area contributed by atoms with Gasteiger partial charge in [0, 0.05) is 38.1 Å². The molecule has 0 unspecified atom stereocenters. The van der Waals surface area contributed by atoms with Gasteiger partial charge in [-0.25, -0.2) is 4.39 Å². The van der Waals surface area contributed by atoms with Crippen molar-refractivity contribution in [2.75, 3.05) is 13.1 Å². The molecule has 2 aromatic rings. The molecule has 1 atom stereocenters. The Morgan fingerprint density at radius 1 is 1.15 bits per heavy atom. The van der Waals surface area contributed by atoms with Crippen molar-refractivity contribution in [2.24, 2.45) is 5.92 Å². The molecule has 1 saturated carbocycles. The van der Waals surface area contributed by atoms with Crippen molar-refractivity contribution in [1.82, 2.24) is 9.47 Å². The molecule has 1 heterocycles. The van der Waals surface area contributed by atoms with Crippen LogP contribution in [0.5, 0.6) is 0 Å². The molecule has 0 spiro atoms. The van der Waals surface area contributed by atoms with Crippen LogP contribution in [0.1, 0.15) is 56.7 Å². The second kappa shape index (κ2) is 10.0. The lowest BCUT2D eigenvalue weighted by Gasteiger charge is -2.31. The summed E-state index contributed by atoms with van der Waals surface area (Å²) in [5.74, 6) is 0.557. The average Bonchev–Trinajstić information content (AvgIpc) is 3.11. The van der Waals surface area contributed by atoms with Gasteiger partial charge in [-0.3, -0.25) is 4.90 Å². The first kappa shape index (κ1) is 20.1. The van der Waals surface area contributed by atoms with Crippen LogP contribution < -0.4 is 0 Å². The third-order valence-corrected chi connectivity index (χ3v) is 5.76. The van der Waals surface area contributed by atoms with Crippen LogP contribution in [0, 0.1) is 11.7 Å². The van der Waals surface area contributed by atoms with E-state index in [-0.39, 0.29) is 11.9 Å².